The Morgan fingerprint density at radius 3 is 2.56 bits per heavy atom. The monoisotopic (exact) mass is 357 g/mol. The van der Waals surface area contributed by atoms with Crippen molar-refractivity contribution in [3.8, 4) is 0 Å². The fraction of sp³-hybridized carbons (Fsp3) is 0.875. The molecule has 9 nitrogen and oxygen atoms in total. The fourth-order valence-electron chi connectivity index (χ4n) is 4.18. The van der Waals surface area contributed by atoms with Crippen molar-refractivity contribution in [2.75, 3.05) is 13.2 Å². The molecule has 0 aromatic heterocycles. The highest BCUT2D eigenvalue weighted by Gasteiger charge is 2.81. The summed E-state index contributed by atoms with van der Waals surface area (Å²) in [6.07, 6.45) is -2.00. The third kappa shape index (κ3) is 2.13. The Labute approximate surface area is 145 Å². The van der Waals surface area contributed by atoms with Gasteiger partial charge in [-0.3, -0.25) is 4.79 Å². The normalized spacial score (nSPS) is 43.9. The van der Waals surface area contributed by atoms with Crippen LogP contribution in [0.1, 0.15) is 41.0 Å². The number of hydrogen-bond acceptors (Lipinski definition) is 8. The number of hydrogen-bond donors (Lipinski definition) is 0. The van der Waals surface area contributed by atoms with Gasteiger partial charge in [-0.25, -0.2) is 9.69 Å². The van der Waals surface area contributed by atoms with Crippen molar-refractivity contribution in [3.63, 3.8) is 0 Å². The number of ether oxygens (including phenoxy) is 6. The Balaban J connectivity index is 1.91. The molecule has 25 heavy (non-hydrogen) atoms. The third-order valence-electron chi connectivity index (χ3n) is 4.86. The Hall–Kier alpha value is -1.26. The summed E-state index contributed by atoms with van der Waals surface area (Å²) in [4.78, 5) is 26.2. The Bertz CT molecular complexity index is 626. The maximum Gasteiger partial charge on any atom is 0.419 e. The maximum absolute atomic E-state index is 12.7. The molecule has 0 unspecified atom stereocenters. The van der Waals surface area contributed by atoms with E-state index >= 15 is 0 Å². The van der Waals surface area contributed by atoms with Gasteiger partial charge in [0.2, 0.25) is 11.6 Å². The molecule has 4 heterocycles. The third-order valence-corrected chi connectivity index (χ3v) is 4.86. The van der Waals surface area contributed by atoms with E-state index in [0.29, 0.717) is 0 Å². The van der Waals surface area contributed by atoms with Crippen LogP contribution in [0.5, 0.6) is 0 Å². The highest BCUT2D eigenvalue weighted by atomic mass is 16.9. The lowest BCUT2D eigenvalue weighted by atomic mass is 9.87. The molecule has 0 N–H and O–H groups in total. The summed E-state index contributed by atoms with van der Waals surface area (Å²) >= 11 is 0. The van der Waals surface area contributed by atoms with E-state index < -0.39 is 47.3 Å². The molecule has 4 atom stereocenters. The van der Waals surface area contributed by atoms with Gasteiger partial charge in [-0.05, 0) is 27.7 Å². The fourth-order valence-corrected chi connectivity index (χ4v) is 4.18. The summed E-state index contributed by atoms with van der Waals surface area (Å²) in [7, 11) is 0. The molecule has 4 rings (SSSR count). The molecule has 0 aliphatic carbocycles. The molecule has 9 heteroatoms. The van der Waals surface area contributed by atoms with E-state index in [1.54, 1.807) is 34.6 Å². The number of carbonyl (C=O) groups excluding carboxylic acids is 2. The topological polar surface area (TPSA) is 92.8 Å². The number of rotatable bonds is 1. The number of carbonyl (C=O) groups is 2. The average molecular weight is 357 g/mol. The predicted octanol–water partition coefficient (Wildman–Crippen LogP) is 1.10. The van der Waals surface area contributed by atoms with Gasteiger partial charge in [0.15, 0.2) is 18.2 Å². The smallest absolute Gasteiger partial charge is 0.419 e. The summed E-state index contributed by atoms with van der Waals surface area (Å²) in [5.41, 5.74) is -1.62. The molecular weight excluding hydrogens is 334 g/mol. The van der Waals surface area contributed by atoms with Crippen LogP contribution in [0.4, 0.5) is 4.79 Å². The summed E-state index contributed by atoms with van der Waals surface area (Å²) in [5, 5.41) is 0. The minimum atomic E-state index is -1.62. The van der Waals surface area contributed by atoms with Crippen LogP contribution in [0.2, 0.25) is 0 Å². The molecule has 0 aromatic carbocycles. The van der Waals surface area contributed by atoms with Crippen LogP contribution in [0, 0.1) is 0 Å². The van der Waals surface area contributed by atoms with Gasteiger partial charge < -0.3 is 28.4 Å². The average Bonchev–Trinajstić information content (AvgIpc) is 2.95. The van der Waals surface area contributed by atoms with Gasteiger partial charge in [0.25, 0.3) is 5.79 Å². The van der Waals surface area contributed by atoms with E-state index in [4.69, 9.17) is 28.4 Å². The van der Waals surface area contributed by atoms with Crippen molar-refractivity contribution >= 4 is 12.0 Å². The Morgan fingerprint density at radius 1 is 1.16 bits per heavy atom. The molecule has 0 aromatic rings. The predicted molar refractivity (Wildman–Crippen MR) is 80.0 cm³/mol. The highest BCUT2D eigenvalue weighted by molar-refractivity contribution is 5.93. The quantitative estimate of drug-likeness (QED) is 0.689. The van der Waals surface area contributed by atoms with Crippen molar-refractivity contribution in [1.29, 1.82) is 0 Å². The molecule has 4 aliphatic rings. The summed E-state index contributed by atoms with van der Waals surface area (Å²) < 4.78 is 35.4. The van der Waals surface area contributed by atoms with E-state index in [1.165, 1.54) is 0 Å². The lowest BCUT2D eigenvalue weighted by Gasteiger charge is -2.54. The van der Waals surface area contributed by atoms with Crippen molar-refractivity contribution in [2.45, 2.75) is 76.3 Å². The summed E-state index contributed by atoms with van der Waals surface area (Å²) in [6, 6.07) is 0. The van der Waals surface area contributed by atoms with Crippen molar-refractivity contribution < 1.29 is 38.0 Å². The lowest BCUT2D eigenvalue weighted by Crippen LogP contribution is -2.80. The van der Waals surface area contributed by atoms with Gasteiger partial charge in [-0.15, -0.1) is 0 Å². The van der Waals surface area contributed by atoms with E-state index in [1.807, 2.05) is 0 Å². The minimum absolute atomic E-state index is 0.0817. The van der Waals surface area contributed by atoms with Gasteiger partial charge in [-0.2, -0.15) is 0 Å². The van der Waals surface area contributed by atoms with Gasteiger partial charge in [0, 0.05) is 6.42 Å². The number of nitrogens with zero attached hydrogens (tertiary/aromatic N) is 1. The first-order valence-corrected chi connectivity index (χ1v) is 8.46. The molecule has 0 spiro atoms. The standard InChI is InChI=1S/C16H23NO8/c1-6-10(18)17-12(19)20-8-15-16(17,25-14(4,5)24-15)11-9(7-21-15)22-13(2,3)23-11/h9,11H,6-8H2,1-5H3/t9-,11-,15+,16+/m1/s1. The lowest BCUT2D eigenvalue weighted by molar-refractivity contribution is -0.357. The first-order chi connectivity index (χ1) is 11.6. The number of fused-ring (bicyclic) bond motifs is 1. The zero-order valence-corrected chi connectivity index (χ0v) is 15.0. The Morgan fingerprint density at radius 2 is 1.88 bits per heavy atom. The van der Waals surface area contributed by atoms with Crippen molar-refractivity contribution in [2.24, 2.45) is 0 Å². The van der Waals surface area contributed by atoms with E-state index in [2.05, 4.69) is 0 Å². The van der Waals surface area contributed by atoms with Gasteiger partial charge in [0.05, 0.1) is 6.61 Å². The number of cyclic esters (lactones) is 1. The SMILES string of the molecule is CCC(=O)N1C(=O)OC[C@@]23OC[C@H]4OC(C)(C)O[C@H]4[C@@]12OC(C)(C)O3. The molecular formula is C16H23NO8. The van der Waals surface area contributed by atoms with E-state index in [9.17, 15) is 9.59 Å². The first kappa shape index (κ1) is 17.2. The summed E-state index contributed by atoms with van der Waals surface area (Å²) in [5.74, 6) is -3.97. The van der Waals surface area contributed by atoms with Gasteiger partial charge in [0.1, 0.15) is 12.2 Å². The second-order valence-electron chi connectivity index (χ2n) is 7.60. The van der Waals surface area contributed by atoms with Crippen molar-refractivity contribution in [3.05, 3.63) is 0 Å². The molecule has 4 fully saturated rings. The van der Waals surface area contributed by atoms with Crippen LogP contribution in [0.3, 0.4) is 0 Å². The van der Waals surface area contributed by atoms with Crippen LogP contribution < -0.4 is 0 Å². The van der Waals surface area contributed by atoms with E-state index in [0.717, 1.165) is 4.90 Å². The van der Waals surface area contributed by atoms with Gasteiger partial charge in [-0.1, -0.05) is 6.92 Å². The van der Waals surface area contributed by atoms with E-state index in [-0.39, 0.29) is 19.6 Å². The molecule has 2 amide bonds. The first-order valence-electron chi connectivity index (χ1n) is 8.46. The van der Waals surface area contributed by atoms with Crippen LogP contribution in [0.15, 0.2) is 0 Å². The van der Waals surface area contributed by atoms with Crippen LogP contribution in [-0.4, -0.2) is 65.4 Å². The van der Waals surface area contributed by atoms with Crippen LogP contribution >= 0.6 is 0 Å². The van der Waals surface area contributed by atoms with Crippen LogP contribution in [0.25, 0.3) is 0 Å². The Kier molecular flexibility index (Phi) is 3.38. The second kappa shape index (κ2) is 4.92. The molecule has 4 saturated heterocycles. The maximum atomic E-state index is 12.7. The highest BCUT2D eigenvalue weighted by Crippen LogP contribution is 2.57. The minimum Gasteiger partial charge on any atom is -0.443 e. The zero-order chi connectivity index (χ0) is 18.3. The van der Waals surface area contributed by atoms with Crippen molar-refractivity contribution in [1.82, 2.24) is 4.90 Å². The largest absolute Gasteiger partial charge is 0.443 e. The molecule has 4 aliphatic heterocycles. The molecule has 0 saturated carbocycles. The number of imide groups is 1. The summed E-state index contributed by atoms with van der Waals surface area (Å²) in [6.45, 7) is 8.53. The van der Waals surface area contributed by atoms with Gasteiger partial charge >= 0.3 is 6.09 Å². The molecule has 0 bridgehead atoms. The molecule has 140 valence electrons. The second-order valence-corrected chi connectivity index (χ2v) is 7.60. The number of amides is 2. The zero-order valence-electron chi connectivity index (χ0n) is 15.0. The van der Waals surface area contributed by atoms with Crippen LogP contribution in [-0.2, 0) is 33.2 Å². The molecule has 0 radical (unpaired) electrons.